The Kier molecular flexibility index (Phi) is 5.10. The summed E-state index contributed by atoms with van der Waals surface area (Å²) in [5.41, 5.74) is 0.908. The molecular weight excluding hydrogens is 258 g/mol. The third-order valence-electron chi connectivity index (χ3n) is 3.13. The number of halogens is 2. The quantitative estimate of drug-likeness (QED) is 0.659. The van der Waals surface area contributed by atoms with Gasteiger partial charge in [0.2, 0.25) is 0 Å². The van der Waals surface area contributed by atoms with Crippen molar-refractivity contribution >= 4 is 0 Å². The summed E-state index contributed by atoms with van der Waals surface area (Å²) >= 11 is 0. The van der Waals surface area contributed by atoms with Crippen molar-refractivity contribution in [3.8, 4) is 16.9 Å². The average molecular weight is 276 g/mol. The Labute approximate surface area is 118 Å². The summed E-state index contributed by atoms with van der Waals surface area (Å²) in [5.74, 6) is -0.895. The van der Waals surface area contributed by atoms with Gasteiger partial charge in [-0.3, -0.25) is 0 Å². The van der Waals surface area contributed by atoms with E-state index < -0.39 is 11.6 Å². The van der Waals surface area contributed by atoms with Gasteiger partial charge < -0.3 is 4.74 Å². The van der Waals surface area contributed by atoms with Crippen molar-refractivity contribution in [2.24, 2.45) is 0 Å². The molecule has 2 rings (SSSR count). The molecule has 0 spiro atoms. The van der Waals surface area contributed by atoms with Crippen LogP contribution in [0.5, 0.6) is 5.75 Å². The van der Waals surface area contributed by atoms with Crippen LogP contribution in [0.25, 0.3) is 11.1 Å². The van der Waals surface area contributed by atoms with Gasteiger partial charge in [0.25, 0.3) is 0 Å². The minimum atomic E-state index is -0.831. The standard InChI is InChI=1S/C17H18F2O/c1-2-3-4-12-20-14-10-8-13(9-11-14)15-6-5-7-16(18)17(15)19/h5-11H,2-4,12H2,1H3. The molecule has 0 N–H and O–H groups in total. The van der Waals surface area contributed by atoms with Gasteiger partial charge in [0.15, 0.2) is 11.6 Å². The second-order valence-corrected chi connectivity index (χ2v) is 4.68. The number of hydrogen-bond donors (Lipinski definition) is 0. The molecule has 0 aliphatic rings. The maximum absolute atomic E-state index is 13.7. The molecule has 20 heavy (non-hydrogen) atoms. The largest absolute Gasteiger partial charge is 0.494 e. The van der Waals surface area contributed by atoms with E-state index in [4.69, 9.17) is 4.74 Å². The van der Waals surface area contributed by atoms with E-state index >= 15 is 0 Å². The number of unbranched alkanes of at least 4 members (excludes halogenated alkanes) is 2. The van der Waals surface area contributed by atoms with Crippen molar-refractivity contribution < 1.29 is 13.5 Å². The molecule has 0 aromatic heterocycles. The summed E-state index contributed by atoms with van der Waals surface area (Å²) in [6.07, 6.45) is 3.32. The van der Waals surface area contributed by atoms with Crippen LogP contribution in [0.15, 0.2) is 42.5 Å². The summed E-state index contributed by atoms with van der Waals surface area (Å²) in [6.45, 7) is 2.82. The van der Waals surface area contributed by atoms with Crippen LogP contribution in [0.4, 0.5) is 8.78 Å². The van der Waals surface area contributed by atoms with E-state index in [-0.39, 0.29) is 5.56 Å². The monoisotopic (exact) mass is 276 g/mol. The molecular formula is C17H18F2O. The van der Waals surface area contributed by atoms with Gasteiger partial charge in [-0.15, -0.1) is 0 Å². The van der Waals surface area contributed by atoms with Gasteiger partial charge in [-0.25, -0.2) is 8.78 Å². The molecule has 1 nitrogen and oxygen atoms in total. The summed E-state index contributed by atoms with van der Waals surface area (Å²) in [5, 5.41) is 0. The van der Waals surface area contributed by atoms with Crippen molar-refractivity contribution in [2.45, 2.75) is 26.2 Å². The Bertz CT molecular complexity index is 549. The molecule has 0 atom stereocenters. The normalized spacial score (nSPS) is 10.6. The lowest BCUT2D eigenvalue weighted by molar-refractivity contribution is 0.306. The highest BCUT2D eigenvalue weighted by Gasteiger charge is 2.09. The highest BCUT2D eigenvalue weighted by atomic mass is 19.2. The predicted octanol–water partition coefficient (Wildman–Crippen LogP) is 5.20. The molecule has 0 amide bonds. The molecule has 0 bridgehead atoms. The van der Waals surface area contributed by atoms with Crippen LogP contribution in [-0.4, -0.2) is 6.61 Å². The van der Waals surface area contributed by atoms with E-state index in [1.54, 1.807) is 30.3 Å². The summed E-state index contributed by atoms with van der Waals surface area (Å²) < 4.78 is 32.4. The number of benzene rings is 2. The third-order valence-corrected chi connectivity index (χ3v) is 3.13. The molecule has 0 fully saturated rings. The Morgan fingerprint density at radius 2 is 1.70 bits per heavy atom. The zero-order chi connectivity index (χ0) is 14.4. The molecule has 0 radical (unpaired) electrons. The summed E-state index contributed by atoms with van der Waals surface area (Å²) in [7, 11) is 0. The lowest BCUT2D eigenvalue weighted by Crippen LogP contribution is -1.96. The Morgan fingerprint density at radius 1 is 0.950 bits per heavy atom. The first-order valence-corrected chi connectivity index (χ1v) is 6.89. The summed E-state index contributed by atoms with van der Waals surface area (Å²) in [6, 6.07) is 11.2. The van der Waals surface area contributed by atoms with Crippen molar-refractivity contribution in [1.82, 2.24) is 0 Å². The third kappa shape index (κ3) is 3.56. The minimum absolute atomic E-state index is 0.266. The van der Waals surface area contributed by atoms with Crippen LogP contribution in [0.2, 0.25) is 0 Å². The molecule has 0 aliphatic heterocycles. The fourth-order valence-corrected chi connectivity index (χ4v) is 2.00. The van der Waals surface area contributed by atoms with Crippen LogP contribution < -0.4 is 4.74 Å². The highest BCUT2D eigenvalue weighted by molar-refractivity contribution is 5.64. The first-order valence-electron chi connectivity index (χ1n) is 6.89. The van der Waals surface area contributed by atoms with E-state index in [1.165, 1.54) is 6.07 Å². The SMILES string of the molecule is CCCCCOc1ccc(-c2cccc(F)c2F)cc1. The zero-order valence-electron chi connectivity index (χ0n) is 11.5. The number of ether oxygens (including phenoxy) is 1. The van der Waals surface area contributed by atoms with Gasteiger partial charge in [0.1, 0.15) is 5.75 Å². The first-order chi connectivity index (χ1) is 9.72. The lowest BCUT2D eigenvalue weighted by atomic mass is 10.0. The van der Waals surface area contributed by atoms with Crippen LogP contribution in [0.1, 0.15) is 26.2 Å². The second kappa shape index (κ2) is 7.04. The molecule has 0 saturated heterocycles. The maximum Gasteiger partial charge on any atom is 0.166 e. The minimum Gasteiger partial charge on any atom is -0.494 e. The van der Waals surface area contributed by atoms with Crippen molar-refractivity contribution in [1.29, 1.82) is 0 Å². The molecule has 2 aromatic rings. The van der Waals surface area contributed by atoms with Gasteiger partial charge in [0, 0.05) is 5.56 Å². The van der Waals surface area contributed by atoms with E-state index in [2.05, 4.69) is 6.92 Å². The van der Waals surface area contributed by atoms with Crippen molar-refractivity contribution in [2.75, 3.05) is 6.61 Å². The van der Waals surface area contributed by atoms with Gasteiger partial charge in [-0.05, 0) is 30.2 Å². The van der Waals surface area contributed by atoms with Crippen LogP contribution in [0.3, 0.4) is 0 Å². The molecule has 2 aromatic carbocycles. The lowest BCUT2D eigenvalue weighted by Gasteiger charge is -2.08. The topological polar surface area (TPSA) is 9.23 Å². The van der Waals surface area contributed by atoms with Crippen molar-refractivity contribution in [3.05, 3.63) is 54.1 Å². The Hall–Kier alpha value is -1.90. The second-order valence-electron chi connectivity index (χ2n) is 4.68. The maximum atomic E-state index is 13.7. The highest BCUT2D eigenvalue weighted by Crippen LogP contribution is 2.26. The van der Waals surface area contributed by atoms with Crippen LogP contribution in [-0.2, 0) is 0 Å². The molecule has 106 valence electrons. The van der Waals surface area contributed by atoms with E-state index in [1.807, 2.05) is 0 Å². The first kappa shape index (κ1) is 14.5. The fraction of sp³-hybridized carbons (Fsp3) is 0.294. The Morgan fingerprint density at radius 3 is 2.40 bits per heavy atom. The smallest absolute Gasteiger partial charge is 0.166 e. The van der Waals surface area contributed by atoms with Crippen LogP contribution >= 0.6 is 0 Å². The number of hydrogen-bond acceptors (Lipinski definition) is 1. The van der Waals surface area contributed by atoms with Gasteiger partial charge >= 0.3 is 0 Å². The molecule has 0 heterocycles. The number of rotatable bonds is 6. The van der Waals surface area contributed by atoms with Crippen LogP contribution in [0, 0.1) is 11.6 Å². The molecule has 3 heteroatoms. The van der Waals surface area contributed by atoms with E-state index in [0.717, 1.165) is 31.1 Å². The van der Waals surface area contributed by atoms with Gasteiger partial charge in [-0.1, -0.05) is 44.0 Å². The van der Waals surface area contributed by atoms with Crippen molar-refractivity contribution in [3.63, 3.8) is 0 Å². The van der Waals surface area contributed by atoms with E-state index in [0.29, 0.717) is 12.2 Å². The zero-order valence-corrected chi connectivity index (χ0v) is 11.5. The summed E-state index contributed by atoms with van der Waals surface area (Å²) in [4.78, 5) is 0. The predicted molar refractivity (Wildman–Crippen MR) is 76.8 cm³/mol. The fourth-order valence-electron chi connectivity index (χ4n) is 2.00. The molecule has 0 unspecified atom stereocenters. The molecule has 0 aliphatic carbocycles. The molecule has 0 saturated carbocycles. The Balaban J connectivity index is 2.06. The average Bonchev–Trinajstić information content (AvgIpc) is 2.47. The van der Waals surface area contributed by atoms with E-state index in [9.17, 15) is 8.78 Å². The van der Waals surface area contributed by atoms with Gasteiger partial charge in [0.05, 0.1) is 6.61 Å². The van der Waals surface area contributed by atoms with Gasteiger partial charge in [-0.2, -0.15) is 0 Å².